The summed E-state index contributed by atoms with van der Waals surface area (Å²) >= 11 is 1.57. The molecule has 6 heteroatoms. The molecule has 0 saturated carbocycles. The van der Waals surface area contributed by atoms with Crippen molar-refractivity contribution >= 4 is 17.3 Å². The highest BCUT2D eigenvalue weighted by Crippen LogP contribution is 2.33. The molecule has 1 aliphatic heterocycles. The molecule has 1 saturated heterocycles. The zero-order valence-corrected chi connectivity index (χ0v) is 15.9. The van der Waals surface area contributed by atoms with Gasteiger partial charge in [-0.05, 0) is 25.5 Å². The van der Waals surface area contributed by atoms with Gasteiger partial charge < -0.3 is 9.84 Å². The molecule has 1 aliphatic rings. The fourth-order valence-electron chi connectivity index (χ4n) is 3.39. The number of rotatable bonds is 4. The third-order valence-corrected chi connectivity index (χ3v) is 6.03. The summed E-state index contributed by atoms with van der Waals surface area (Å²) in [5.74, 6) is 0.596. The zero-order valence-electron chi connectivity index (χ0n) is 15.1. The predicted octanol–water partition coefficient (Wildman–Crippen LogP) is 3.65. The highest BCUT2D eigenvalue weighted by atomic mass is 32.2. The van der Waals surface area contributed by atoms with Crippen LogP contribution in [0.4, 0.5) is 0 Å². The summed E-state index contributed by atoms with van der Waals surface area (Å²) < 4.78 is 7.31. The number of aryl methyl sites for hydroxylation is 2. The van der Waals surface area contributed by atoms with Crippen LogP contribution < -0.4 is 0 Å². The number of thioether (sulfide) groups is 1. The topological polar surface area (TPSA) is 59.7 Å². The lowest BCUT2D eigenvalue weighted by Gasteiger charge is -2.31. The minimum atomic E-state index is -0.694. The van der Waals surface area contributed by atoms with Gasteiger partial charge in [0.2, 0.25) is 0 Å². The van der Waals surface area contributed by atoms with Crippen LogP contribution >= 0.6 is 11.8 Å². The number of nitrogens with zero attached hydrogens (tertiary/aromatic N) is 3. The molecular formula is C20H23N3O2S. The van der Waals surface area contributed by atoms with Crippen LogP contribution in [0.3, 0.4) is 0 Å². The molecule has 0 spiro atoms. The van der Waals surface area contributed by atoms with Gasteiger partial charge in [-0.3, -0.25) is 0 Å². The minimum absolute atomic E-state index is 0.596. The fourth-order valence-corrected chi connectivity index (χ4v) is 4.49. The summed E-state index contributed by atoms with van der Waals surface area (Å²) in [7, 11) is 0. The van der Waals surface area contributed by atoms with Gasteiger partial charge in [0.1, 0.15) is 0 Å². The number of imidazole rings is 1. The Kier molecular flexibility index (Phi) is 4.73. The number of aromatic nitrogens is 3. The van der Waals surface area contributed by atoms with E-state index >= 15 is 0 Å². The molecule has 0 unspecified atom stereocenters. The van der Waals surface area contributed by atoms with Gasteiger partial charge in [-0.1, -0.05) is 42.1 Å². The second-order valence-corrected chi connectivity index (χ2v) is 7.91. The summed E-state index contributed by atoms with van der Waals surface area (Å²) in [6.45, 7) is 5.32. The molecule has 136 valence electrons. The molecule has 2 aromatic heterocycles. The minimum Gasteiger partial charge on any atom is -0.389 e. The van der Waals surface area contributed by atoms with Gasteiger partial charge in [0.25, 0.3) is 0 Å². The monoisotopic (exact) mass is 369 g/mol. The van der Waals surface area contributed by atoms with Gasteiger partial charge >= 0.3 is 0 Å². The smallest absolute Gasteiger partial charge is 0.190 e. The lowest BCUT2D eigenvalue weighted by atomic mass is 9.97. The predicted molar refractivity (Wildman–Crippen MR) is 104 cm³/mol. The van der Waals surface area contributed by atoms with E-state index in [1.807, 2.05) is 29.6 Å². The van der Waals surface area contributed by atoms with Crippen molar-refractivity contribution in [2.45, 2.75) is 37.4 Å². The van der Waals surface area contributed by atoms with Crippen LogP contribution in [0.15, 0.2) is 41.6 Å². The maximum absolute atomic E-state index is 10.8. The van der Waals surface area contributed by atoms with E-state index in [4.69, 9.17) is 14.8 Å². The van der Waals surface area contributed by atoms with Crippen molar-refractivity contribution in [2.24, 2.45) is 0 Å². The van der Waals surface area contributed by atoms with Crippen molar-refractivity contribution < 1.29 is 9.84 Å². The molecular weight excluding hydrogens is 346 g/mol. The molecule has 1 aromatic carbocycles. The van der Waals surface area contributed by atoms with Gasteiger partial charge in [0, 0.05) is 37.4 Å². The molecule has 1 fully saturated rings. The average Bonchev–Trinajstić information content (AvgIpc) is 3.00. The Balaban J connectivity index is 1.75. The van der Waals surface area contributed by atoms with Crippen LogP contribution in [-0.4, -0.2) is 44.3 Å². The average molecular weight is 369 g/mol. The second-order valence-electron chi connectivity index (χ2n) is 6.96. The Bertz CT molecular complexity index is 918. The molecule has 0 atom stereocenters. The van der Waals surface area contributed by atoms with Gasteiger partial charge in [-0.15, -0.1) is 0 Å². The van der Waals surface area contributed by atoms with E-state index < -0.39 is 5.60 Å². The van der Waals surface area contributed by atoms with E-state index in [1.54, 1.807) is 11.8 Å². The lowest BCUT2D eigenvalue weighted by molar-refractivity contribution is -0.0476. The highest BCUT2D eigenvalue weighted by Gasteiger charge is 2.31. The number of hydrogen-bond donors (Lipinski definition) is 1. The maximum Gasteiger partial charge on any atom is 0.190 e. The van der Waals surface area contributed by atoms with Gasteiger partial charge in [-0.2, -0.15) is 5.10 Å². The van der Waals surface area contributed by atoms with Crippen LogP contribution in [-0.2, 0) is 4.74 Å². The first kappa shape index (κ1) is 17.5. The number of benzene rings is 1. The van der Waals surface area contributed by atoms with E-state index in [1.165, 1.54) is 0 Å². The third kappa shape index (κ3) is 3.37. The van der Waals surface area contributed by atoms with E-state index in [2.05, 4.69) is 25.1 Å². The molecule has 0 bridgehead atoms. The first-order valence-corrected chi connectivity index (χ1v) is 9.90. The Labute approximate surface area is 157 Å². The molecule has 1 N–H and O–H groups in total. The molecule has 4 rings (SSSR count). The number of hydrogen-bond acceptors (Lipinski definition) is 5. The van der Waals surface area contributed by atoms with Crippen LogP contribution in [0.2, 0.25) is 0 Å². The van der Waals surface area contributed by atoms with E-state index in [0.29, 0.717) is 31.8 Å². The van der Waals surface area contributed by atoms with Crippen molar-refractivity contribution in [3.05, 3.63) is 47.7 Å². The molecule has 26 heavy (non-hydrogen) atoms. The van der Waals surface area contributed by atoms with Crippen LogP contribution in [0.25, 0.3) is 16.8 Å². The fraction of sp³-hybridized carbons (Fsp3) is 0.400. The Morgan fingerprint density at radius 3 is 2.65 bits per heavy atom. The van der Waals surface area contributed by atoms with Crippen LogP contribution in [0, 0.1) is 13.8 Å². The SMILES string of the molecule is Cc1cc(C)c2c(-c3ccccc3)nc(SCC3(O)CCOCC3)n2n1. The summed E-state index contributed by atoms with van der Waals surface area (Å²) in [6, 6.07) is 12.3. The molecule has 0 amide bonds. The van der Waals surface area contributed by atoms with E-state index in [0.717, 1.165) is 33.2 Å². The highest BCUT2D eigenvalue weighted by molar-refractivity contribution is 7.99. The normalized spacial score (nSPS) is 16.9. The van der Waals surface area contributed by atoms with Crippen molar-refractivity contribution in [1.29, 1.82) is 0 Å². The Morgan fingerprint density at radius 1 is 1.19 bits per heavy atom. The molecule has 5 nitrogen and oxygen atoms in total. The molecule has 0 radical (unpaired) electrons. The third-order valence-electron chi connectivity index (χ3n) is 4.82. The second kappa shape index (κ2) is 7.02. The first-order chi connectivity index (χ1) is 12.6. The number of fused-ring (bicyclic) bond motifs is 1. The first-order valence-electron chi connectivity index (χ1n) is 8.91. The zero-order chi connectivity index (χ0) is 18.1. The summed E-state index contributed by atoms with van der Waals surface area (Å²) in [5.41, 5.74) is 4.47. The molecule has 3 heterocycles. The molecule has 0 aliphatic carbocycles. The van der Waals surface area contributed by atoms with Gasteiger partial charge in [0.15, 0.2) is 5.16 Å². The standard InChI is InChI=1S/C20H23N3O2S/c1-14-12-15(2)22-23-18(14)17(16-6-4-3-5-7-16)21-19(23)26-13-20(24)8-10-25-11-9-20/h3-7,12,24H,8-11,13H2,1-2H3. The van der Waals surface area contributed by atoms with E-state index in [-0.39, 0.29) is 0 Å². The summed E-state index contributed by atoms with van der Waals surface area (Å²) in [6.07, 6.45) is 1.33. The quantitative estimate of drug-likeness (QED) is 0.712. The number of aliphatic hydroxyl groups is 1. The lowest BCUT2D eigenvalue weighted by Crippen LogP contribution is -2.38. The van der Waals surface area contributed by atoms with Gasteiger partial charge in [0.05, 0.1) is 22.5 Å². The summed E-state index contributed by atoms with van der Waals surface area (Å²) in [4.78, 5) is 4.90. The van der Waals surface area contributed by atoms with Crippen molar-refractivity contribution in [2.75, 3.05) is 19.0 Å². The largest absolute Gasteiger partial charge is 0.389 e. The molecule has 3 aromatic rings. The van der Waals surface area contributed by atoms with E-state index in [9.17, 15) is 5.11 Å². The van der Waals surface area contributed by atoms with Crippen molar-refractivity contribution in [3.63, 3.8) is 0 Å². The summed E-state index contributed by atoms with van der Waals surface area (Å²) in [5, 5.41) is 16.3. The Hall–Kier alpha value is -1.89. The Morgan fingerprint density at radius 2 is 1.92 bits per heavy atom. The van der Waals surface area contributed by atoms with Crippen molar-refractivity contribution in [3.8, 4) is 11.3 Å². The van der Waals surface area contributed by atoms with Crippen LogP contribution in [0.1, 0.15) is 24.1 Å². The van der Waals surface area contributed by atoms with Gasteiger partial charge in [-0.25, -0.2) is 9.50 Å². The van der Waals surface area contributed by atoms with Crippen LogP contribution in [0.5, 0.6) is 0 Å². The maximum atomic E-state index is 10.8. The van der Waals surface area contributed by atoms with Crippen molar-refractivity contribution in [1.82, 2.24) is 14.6 Å². The number of ether oxygens (including phenoxy) is 1.